The van der Waals surface area contributed by atoms with E-state index in [1.54, 1.807) is 12.1 Å². The van der Waals surface area contributed by atoms with Gasteiger partial charge < -0.3 is 0 Å². The first-order chi connectivity index (χ1) is 9.58. The van der Waals surface area contributed by atoms with E-state index in [0.29, 0.717) is 23.3 Å². The standard InChI is InChI=1S/C17H24N2O/c1-12(2)15-10-9-13(3)11-16(15)18-19-17(20)14-7-5-4-6-8-14/h4-8,12-13,15H,9-11H2,1-3H3,(H,19,20)/b18-16-/t13-,15-/m1/s1. The molecule has 0 aromatic heterocycles. The maximum Gasteiger partial charge on any atom is 0.271 e. The van der Waals surface area contributed by atoms with Crippen LogP contribution in [0, 0.1) is 17.8 Å². The lowest BCUT2D eigenvalue weighted by atomic mass is 9.76. The van der Waals surface area contributed by atoms with Gasteiger partial charge in [0.15, 0.2) is 0 Å². The maximum absolute atomic E-state index is 12.0. The van der Waals surface area contributed by atoms with E-state index in [0.717, 1.165) is 12.1 Å². The zero-order valence-corrected chi connectivity index (χ0v) is 12.6. The molecular weight excluding hydrogens is 248 g/mol. The Bertz CT molecular complexity index is 479. The van der Waals surface area contributed by atoms with Gasteiger partial charge in [-0.3, -0.25) is 4.79 Å². The average Bonchev–Trinajstić information content (AvgIpc) is 2.45. The van der Waals surface area contributed by atoms with E-state index < -0.39 is 0 Å². The highest BCUT2D eigenvalue weighted by molar-refractivity contribution is 5.96. The molecule has 1 N–H and O–H groups in total. The number of hydrazone groups is 1. The zero-order chi connectivity index (χ0) is 14.5. The van der Waals surface area contributed by atoms with Crippen LogP contribution in [0.4, 0.5) is 0 Å². The molecule has 1 aromatic rings. The van der Waals surface area contributed by atoms with Gasteiger partial charge in [-0.05, 0) is 43.2 Å². The summed E-state index contributed by atoms with van der Waals surface area (Å²) in [5.41, 5.74) is 4.53. The Hall–Kier alpha value is -1.64. The topological polar surface area (TPSA) is 41.5 Å². The highest BCUT2D eigenvalue weighted by atomic mass is 16.2. The molecule has 0 unspecified atom stereocenters. The van der Waals surface area contributed by atoms with Crippen molar-refractivity contribution >= 4 is 11.6 Å². The third-order valence-corrected chi connectivity index (χ3v) is 4.10. The molecule has 3 nitrogen and oxygen atoms in total. The molecule has 1 aromatic carbocycles. The molecule has 108 valence electrons. The van der Waals surface area contributed by atoms with Gasteiger partial charge in [-0.2, -0.15) is 5.10 Å². The summed E-state index contributed by atoms with van der Waals surface area (Å²) in [5, 5.41) is 4.43. The Kier molecular flexibility index (Phi) is 4.94. The van der Waals surface area contributed by atoms with Crippen LogP contribution < -0.4 is 5.43 Å². The molecule has 0 heterocycles. The van der Waals surface area contributed by atoms with Crippen LogP contribution in [-0.4, -0.2) is 11.6 Å². The van der Waals surface area contributed by atoms with Gasteiger partial charge in [-0.15, -0.1) is 0 Å². The van der Waals surface area contributed by atoms with Crippen LogP contribution in [-0.2, 0) is 0 Å². The molecule has 2 rings (SSSR count). The minimum Gasteiger partial charge on any atom is -0.267 e. The number of hydrogen-bond donors (Lipinski definition) is 1. The monoisotopic (exact) mass is 272 g/mol. The SMILES string of the molecule is CC(C)[C@H]1CC[C@@H](C)C/C1=N/NC(=O)c1ccccc1. The average molecular weight is 272 g/mol. The first kappa shape index (κ1) is 14.8. The summed E-state index contributed by atoms with van der Waals surface area (Å²) in [6.07, 6.45) is 3.44. The van der Waals surface area contributed by atoms with E-state index in [2.05, 4.69) is 31.3 Å². The fourth-order valence-electron chi connectivity index (χ4n) is 2.86. The van der Waals surface area contributed by atoms with Gasteiger partial charge in [0.1, 0.15) is 0 Å². The molecule has 1 amide bonds. The lowest BCUT2D eigenvalue weighted by Gasteiger charge is -2.30. The zero-order valence-electron chi connectivity index (χ0n) is 12.6. The molecular formula is C17H24N2O. The van der Waals surface area contributed by atoms with Gasteiger partial charge in [0.25, 0.3) is 5.91 Å². The lowest BCUT2D eigenvalue weighted by molar-refractivity contribution is 0.0954. The molecule has 0 saturated heterocycles. The summed E-state index contributed by atoms with van der Waals surface area (Å²) in [6.45, 7) is 6.72. The quantitative estimate of drug-likeness (QED) is 0.834. The molecule has 0 bridgehead atoms. The Labute approximate surface area is 121 Å². The summed E-state index contributed by atoms with van der Waals surface area (Å²) < 4.78 is 0. The van der Waals surface area contributed by atoms with E-state index in [9.17, 15) is 4.79 Å². The second-order valence-electron chi connectivity index (χ2n) is 6.15. The van der Waals surface area contributed by atoms with Crippen LogP contribution in [0.3, 0.4) is 0 Å². The number of rotatable bonds is 3. The molecule has 1 saturated carbocycles. The number of nitrogens with zero attached hydrogens (tertiary/aromatic N) is 1. The van der Waals surface area contributed by atoms with Crippen molar-refractivity contribution in [1.82, 2.24) is 5.43 Å². The Morgan fingerprint density at radius 3 is 2.60 bits per heavy atom. The number of nitrogens with one attached hydrogen (secondary N) is 1. The first-order valence-corrected chi connectivity index (χ1v) is 7.49. The number of carbonyl (C=O) groups excluding carboxylic acids is 1. The van der Waals surface area contributed by atoms with Crippen molar-refractivity contribution in [2.24, 2.45) is 22.9 Å². The molecule has 0 radical (unpaired) electrons. The number of benzene rings is 1. The highest BCUT2D eigenvalue weighted by Crippen LogP contribution is 2.31. The van der Waals surface area contributed by atoms with Gasteiger partial charge in [0.2, 0.25) is 0 Å². The summed E-state index contributed by atoms with van der Waals surface area (Å²) in [4.78, 5) is 12.0. The van der Waals surface area contributed by atoms with Gasteiger partial charge in [-0.25, -0.2) is 5.43 Å². The normalized spacial score (nSPS) is 24.9. The van der Waals surface area contributed by atoms with Crippen molar-refractivity contribution in [3.8, 4) is 0 Å². The summed E-state index contributed by atoms with van der Waals surface area (Å²) >= 11 is 0. The molecule has 0 aliphatic heterocycles. The van der Waals surface area contributed by atoms with Crippen molar-refractivity contribution < 1.29 is 4.79 Å². The van der Waals surface area contributed by atoms with Crippen molar-refractivity contribution in [2.45, 2.75) is 40.0 Å². The van der Waals surface area contributed by atoms with Crippen molar-refractivity contribution in [2.75, 3.05) is 0 Å². The predicted octanol–water partition coefficient (Wildman–Crippen LogP) is 3.86. The third-order valence-electron chi connectivity index (χ3n) is 4.10. The fourth-order valence-corrected chi connectivity index (χ4v) is 2.86. The predicted molar refractivity (Wildman–Crippen MR) is 82.7 cm³/mol. The largest absolute Gasteiger partial charge is 0.271 e. The van der Waals surface area contributed by atoms with Gasteiger partial charge >= 0.3 is 0 Å². The van der Waals surface area contributed by atoms with Gasteiger partial charge in [0, 0.05) is 17.2 Å². The second kappa shape index (κ2) is 6.69. The second-order valence-corrected chi connectivity index (χ2v) is 6.15. The van der Waals surface area contributed by atoms with Crippen molar-refractivity contribution in [3.63, 3.8) is 0 Å². The Balaban J connectivity index is 2.06. The minimum absolute atomic E-state index is 0.126. The lowest BCUT2D eigenvalue weighted by Crippen LogP contribution is -2.31. The van der Waals surface area contributed by atoms with Gasteiger partial charge in [0.05, 0.1) is 0 Å². The van der Waals surface area contributed by atoms with Crippen LogP contribution in [0.25, 0.3) is 0 Å². The molecule has 20 heavy (non-hydrogen) atoms. The van der Waals surface area contributed by atoms with Crippen LogP contribution in [0.5, 0.6) is 0 Å². The molecule has 0 spiro atoms. The third kappa shape index (κ3) is 3.69. The van der Waals surface area contributed by atoms with Crippen LogP contribution in [0.15, 0.2) is 35.4 Å². The fraction of sp³-hybridized carbons (Fsp3) is 0.529. The highest BCUT2D eigenvalue weighted by Gasteiger charge is 2.27. The van der Waals surface area contributed by atoms with Crippen molar-refractivity contribution in [3.05, 3.63) is 35.9 Å². The Morgan fingerprint density at radius 2 is 1.95 bits per heavy atom. The van der Waals surface area contributed by atoms with E-state index in [-0.39, 0.29) is 5.91 Å². The summed E-state index contributed by atoms with van der Waals surface area (Å²) in [5.74, 6) is 1.62. The summed E-state index contributed by atoms with van der Waals surface area (Å²) in [7, 11) is 0. The summed E-state index contributed by atoms with van der Waals surface area (Å²) in [6, 6.07) is 9.24. The minimum atomic E-state index is -0.126. The van der Waals surface area contributed by atoms with Crippen molar-refractivity contribution in [1.29, 1.82) is 0 Å². The first-order valence-electron chi connectivity index (χ1n) is 7.49. The molecule has 1 aliphatic carbocycles. The van der Waals surface area contributed by atoms with Gasteiger partial charge in [-0.1, -0.05) is 39.0 Å². The Morgan fingerprint density at radius 1 is 1.25 bits per heavy atom. The number of amides is 1. The van der Waals surface area contributed by atoms with Crippen LogP contribution >= 0.6 is 0 Å². The molecule has 3 heteroatoms. The van der Waals surface area contributed by atoms with Crippen LogP contribution in [0.2, 0.25) is 0 Å². The number of hydrogen-bond acceptors (Lipinski definition) is 2. The molecule has 1 fully saturated rings. The molecule has 1 aliphatic rings. The smallest absolute Gasteiger partial charge is 0.267 e. The van der Waals surface area contributed by atoms with Crippen LogP contribution in [0.1, 0.15) is 50.4 Å². The van der Waals surface area contributed by atoms with E-state index >= 15 is 0 Å². The maximum atomic E-state index is 12.0. The van der Waals surface area contributed by atoms with E-state index in [1.807, 2.05) is 18.2 Å². The molecule has 2 atom stereocenters. The number of carbonyl (C=O) groups is 1. The van der Waals surface area contributed by atoms with E-state index in [1.165, 1.54) is 12.8 Å². The van der Waals surface area contributed by atoms with E-state index in [4.69, 9.17) is 0 Å².